The van der Waals surface area contributed by atoms with Crippen LogP contribution in [0.25, 0.3) is 0 Å². The predicted molar refractivity (Wildman–Crippen MR) is 79.8 cm³/mol. The van der Waals surface area contributed by atoms with Crippen molar-refractivity contribution in [3.05, 3.63) is 48.0 Å². The van der Waals surface area contributed by atoms with Crippen LogP contribution in [0.2, 0.25) is 0 Å². The molecule has 0 aliphatic rings. The topological polar surface area (TPSA) is 41.9 Å². The van der Waals surface area contributed by atoms with E-state index in [4.69, 9.17) is 9.47 Å². The molecule has 0 unspecified atom stereocenters. The lowest BCUT2D eigenvalue weighted by atomic mass is 10.1. The number of hydrogen-bond donors (Lipinski definition) is 1. The van der Waals surface area contributed by atoms with E-state index >= 15 is 0 Å². The van der Waals surface area contributed by atoms with Gasteiger partial charge in [-0.1, -0.05) is 12.1 Å². The predicted octanol–water partition coefficient (Wildman–Crippen LogP) is 3.05. The van der Waals surface area contributed by atoms with E-state index in [0.29, 0.717) is 6.54 Å². The van der Waals surface area contributed by atoms with E-state index in [1.54, 1.807) is 26.4 Å². The minimum atomic E-state index is 0.257. The fourth-order valence-corrected chi connectivity index (χ4v) is 2.10. The fraction of sp³-hybridized carbons (Fsp3) is 0.250. The number of phenolic OH excluding ortho intramolecular Hbond substituents is 1. The van der Waals surface area contributed by atoms with Crippen molar-refractivity contribution < 1.29 is 14.6 Å². The Morgan fingerprint density at radius 3 is 2.50 bits per heavy atom. The third-order valence-electron chi connectivity index (χ3n) is 3.19. The number of ether oxygens (including phenoxy) is 2. The number of anilines is 1. The highest BCUT2D eigenvalue weighted by Gasteiger charge is 2.11. The Balaban J connectivity index is 2.25. The van der Waals surface area contributed by atoms with Crippen LogP contribution >= 0.6 is 0 Å². The molecule has 0 fully saturated rings. The molecule has 106 valence electrons. The van der Waals surface area contributed by atoms with Gasteiger partial charge in [-0.25, -0.2) is 0 Å². The summed E-state index contributed by atoms with van der Waals surface area (Å²) in [7, 11) is 5.21. The van der Waals surface area contributed by atoms with Crippen LogP contribution in [0.15, 0.2) is 42.5 Å². The standard InChI is InChI=1S/C16H19NO3/c1-17(14-6-4-5-7-16(14)20-3)11-12-10-13(19-2)8-9-15(12)18/h4-10,18H,11H2,1-3H3. The highest BCUT2D eigenvalue weighted by Crippen LogP contribution is 2.30. The Hall–Kier alpha value is -2.36. The van der Waals surface area contributed by atoms with Crippen LogP contribution in [0.3, 0.4) is 0 Å². The number of para-hydroxylation sites is 2. The lowest BCUT2D eigenvalue weighted by Crippen LogP contribution is -2.17. The average molecular weight is 273 g/mol. The third-order valence-corrected chi connectivity index (χ3v) is 3.19. The molecule has 0 aromatic heterocycles. The maximum atomic E-state index is 9.94. The van der Waals surface area contributed by atoms with Crippen molar-refractivity contribution in [2.45, 2.75) is 6.54 Å². The van der Waals surface area contributed by atoms with E-state index in [0.717, 1.165) is 22.7 Å². The number of nitrogens with zero attached hydrogens (tertiary/aromatic N) is 1. The molecule has 2 aromatic carbocycles. The van der Waals surface area contributed by atoms with Crippen molar-refractivity contribution >= 4 is 5.69 Å². The summed E-state index contributed by atoms with van der Waals surface area (Å²) in [5, 5.41) is 9.94. The summed E-state index contributed by atoms with van der Waals surface area (Å²) in [5.74, 6) is 1.79. The van der Waals surface area contributed by atoms with Crippen LogP contribution < -0.4 is 14.4 Å². The van der Waals surface area contributed by atoms with Gasteiger partial charge in [-0.2, -0.15) is 0 Å². The average Bonchev–Trinajstić information content (AvgIpc) is 2.49. The molecule has 0 amide bonds. The lowest BCUT2D eigenvalue weighted by Gasteiger charge is -2.22. The Labute approximate surface area is 119 Å². The van der Waals surface area contributed by atoms with Gasteiger partial charge in [0.15, 0.2) is 0 Å². The van der Waals surface area contributed by atoms with Gasteiger partial charge in [-0.15, -0.1) is 0 Å². The minimum absolute atomic E-state index is 0.257. The van der Waals surface area contributed by atoms with Crippen LogP contribution in [0.1, 0.15) is 5.56 Å². The molecule has 0 atom stereocenters. The first-order valence-corrected chi connectivity index (χ1v) is 6.35. The van der Waals surface area contributed by atoms with Crippen LogP contribution in [-0.2, 0) is 6.54 Å². The molecule has 0 bridgehead atoms. The van der Waals surface area contributed by atoms with Crippen molar-refractivity contribution in [1.29, 1.82) is 0 Å². The molecule has 0 saturated heterocycles. The van der Waals surface area contributed by atoms with E-state index in [1.165, 1.54) is 0 Å². The number of rotatable bonds is 5. The Kier molecular flexibility index (Phi) is 4.35. The first-order valence-electron chi connectivity index (χ1n) is 6.35. The molecule has 0 radical (unpaired) electrons. The molecule has 0 aliphatic carbocycles. The molecule has 2 rings (SSSR count). The SMILES string of the molecule is COc1ccc(O)c(CN(C)c2ccccc2OC)c1. The zero-order valence-corrected chi connectivity index (χ0v) is 12.0. The summed E-state index contributed by atoms with van der Waals surface area (Å²) in [6.07, 6.45) is 0. The monoisotopic (exact) mass is 273 g/mol. The quantitative estimate of drug-likeness (QED) is 0.909. The molecule has 4 nitrogen and oxygen atoms in total. The Morgan fingerprint density at radius 1 is 1.05 bits per heavy atom. The highest BCUT2D eigenvalue weighted by atomic mass is 16.5. The van der Waals surface area contributed by atoms with Gasteiger partial charge in [0.2, 0.25) is 0 Å². The van der Waals surface area contributed by atoms with Gasteiger partial charge in [0.05, 0.1) is 19.9 Å². The highest BCUT2D eigenvalue weighted by molar-refractivity contribution is 5.58. The van der Waals surface area contributed by atoms with Crippen molar-refractivity contribution in [2.75, 3.05) is 26.2 Å². The molecule has 0 saturated carbocycles. The van der Waals surface area contributed by atoms with Crippen molar-refractivity contribution in [2.24, 2.45) is 0 Å². The normalized spacial score (nSPS) is 10.2. The summed E-state index contributed by atoms with van der Waals surface area (Å²) in [5.41, 5.74) is 1.77. The van der Waals surface area contributed by atoms with E-state index in [9.17, 15) is 5.11 Å². The smallest absolute Gasteiger partial charge is 0.142 e. The van der Waals surface area contributed by atoms with Gasteiger partial charge in [-0.05, 0) is 30.3 Å². The largest absolute Gasteiger partial charge is 0.508 e. The van der Waals surface area contributed by atoms with Crippen LogP contribution in [0.4, 0.5) is 5.69 Å². The maximum Gasteiger partial charge on any atom is 0.142 e. The lowest BCUT2D eigenvalue weighted by molar-refractivity contribution is 0.410. The van der Waals surface area contributed by atoms with E-state index < -0.39 is 0 Å². The van der Waals surface area contributed by atoms with Crippen molar-refractivity contribution in [1.82, 2.24) is 0 Å². The van der Waals surface area contributed by atoms with E-state index in [1.807, 2.05) is 42.3 Å². The van der Waals surface area contributed by atoms with Gasteiger partial charge >= 0.3 is 0 Å². The summed E-state index contributed by atoms with van der Waals surface area (Å²) < 4.78 is 10.5. The van der Waals surface area contributed by atoms with Gasteiger partial charge in [0, 0.05) is 19.2 Å². The maximum absolute atomic E-state index is 9.94. The zero-order chi connectivity index (χ0) is 14.5. The van der Waals surface area contributed by atoms with Gasteiger partial charge in [0.1, 0.15) is 17.2 Å². The first kappa shape index (κ1) is 14.1. The summed E-state index contributed by atoms with van der Waals surface area (Å²) >= 11 is 0. The molecule has 2 aromatic rings. The van der Waals surface area contributed by atoms with Crippen LogP contribution in [0, 0.1) is 0 Å². The minimum Gasteiger partial charge on any atom is -0.508 e. The van der Waals surface area contributed by atoms with E-state index in [-0.39, 0.29) is 5.75 Å². The first-order chi connectivity index (χ1) is 9.65. The van der Waals surface area contributed by atoms with Gasteiger partial charge in [0.25, 0.3) is 0 Å². The molecule has 20 heavy (non-hydrogen) atoms. The molecule has 0 heterocycles. The number of methoxy groups -OCH3 is 2. The number of aromatic hydroxyl groups is 1. The second kappa shape index (κ2) is 6.19. The molecular weight excluding hydrogens is 254 g/mol. The number of hydrogen-bond acceptors (Lipinski definition) is 4. The van der Waals surface area contributed by atoms with Crippen molar-refractivity contribution in [3.63, 3.8) is 0 Å². The number of phenols is 1. The molecule has 1 N–H and O–H groups in total. The van der Waals surface area contributed by atoms with Crippen molar-refractivity contribution in [3.8, 4) is 17.2 Å². The van der Waals surface area contributed by atoms with Crippen LogP contribution in [-0.4, -0.2) is 26.4 Å². The molecule has 0 spiro atoms. The Morgan fingerprint density at radius 2 is 1.80 bits per heavy atom. The third kappa shape index (κ3) is 2.96. The zero-order valence-electron chi connectivity index (χ0n) is 12.0. The second-order valence-corrected chi connectivity index (χ2v) is 4.52. The summed E-state index contributed by atoms with van der Waals surface area (Å²) in [6, 6.07) is 13.0. The van der Waals surface area contributed by atoms with E-state index in [2.05, 4.69) is 0 Å². The molecule has 0 aliphatic heterocycles. The van der Waals surface area contributed by atoms with Gasteiger partial charge < -0.3 is 19.5 Å². The van der Waals surface area contributed by atoms with Gasteiger partial charge in [-0.3, -0.25) is 0 Å². The summed E-state index contributed by atoms with van der Waals surface area (Å²) in [4.78, 5) is 2.02. The van der Waals surface area contributed by atoms with Crippen LogP contribution in [0.5, 0.6) is 17.2 Å². The molecular formula is C16H19NO3. The summed E-state index contributed by atoms with van der Waals surface area (Å²) in [6.45, 7) is 0.559. The fourth-order valence-electron chi connectivity index (χ4n) is 2.10. The molecule has 4 heteroatoms. The Bertz CT molecular complexity index is 584. The second-order valence-electron chi connectivity index (χ2n) is 4.52. The number of benzene rings is 2.